The minimum atomic E-state index is -3.51. The topological polar surface area (TPSA) is 61.4 Å². The van der Waals surface area contributed by atoms with Crippen molar-refractivity contribution in [3.05, 3.63) is 24.3 Å². The maximum absolute atomic E-state index is 12.3. The van der Waals surface area contributed by atoms with Crippen LogP contribution < -0.4 is 10.0 Å². The van der Waals surface area contributed by atoms with E-state index in [1.54, 1.807) is 31.3 Å². The third kappa shape index (κ3) is 3.92. The van der Waals surface area contributed by atoms with Crippen LogP contribution >= 0.6 is 0 Å². The quantitative estimate of drug-likeness (QED) is 0.828. The molecule has 0 fully saturated rings. The fourth-order valence-electron chi connectivity index (χ4n) is 1.41. The molecule has 6 heteroatoms. The molecule has 0 aliphatic carbocycles. The van der Waals surface area contributed by atoms with Crippen LogP contribution in [0.2, 0.25) is 0 Å². The Labute approximate surface area is 116 Å². The van der Waals surface area contributed by atoms with Gasteiger partial charge in [-0.25, -0.2) is 13.1 Å². The first-order chi connectivity index (χ1) is 8.70. The summed E-state index contributed by atoms with van der Waals surface area (Å²) in [7, 11) is 2.05. The number of rotatable bonds is 6. The van der Waals surface area contributed by atoms with E-state index in [0.29, 0.717) is 12.2 Å². The summed E-state index contributed by atoms with van der Waals surface area (Å²) in [5.41, 5.74) is 0.347. The van der Waals surface area contributed by atoms with Crippen molar-refractivity contribution in [3.63, 3.8) is 0 Å². The Hall–Kier alpha value is -1.11. The van der Waals surface area contributed by atoms with E-state index < -0.39 is 10.0 Å². The molecule has 0 saturated carbocycles. The molecule has 0 bridgehead atoms. The molecule has 5 nitrogen and oxygen atoms in total. The van der Waals surface area contributed by atoms with E-state index in [-0.39, 0.29) is 10.4 Å². The molecule has 0 unspecified atom stereocenters. The number of nitrogens with one attached hydrogen (secondary N) is 2. The van der Waals surface area contributed by atoms with E-state index >= 15 is 0 Å². The van der Waals surface area contributed by atoms with Gasteiger partial charge < -0.3 is 10.2 Å². The average Bonchev–Trinajstić information content (AvgIpc) is 2.36. The number of hydrogen-bond acceptors (Lipinski definition) is 4. The monoisotopic (exact) mass is 285 g/mol. The largest absolute Gasteiger partial charge is 0.387 e. The van der Waals surface area contributed by atoms with Gasteiger partial charge in [0, 0.05) is 19.1 Å². The SMILES string of the molecule is CNc1ccccc1S(=O)(=O)NCC(C)(C)N(C)C. The summed E-state index contributed by atoms with van der Waals surface area (Å²) < 4.78 is 27.3. The molecule has 0 heterocycles. The van der Waals surface area contributed by atoms with Gasteiger partial charge in [-0.1, -0.05) is 12.1 Å². The van der Waals surface area contributed by atoms with Gasteiger partial charge in [-0.3, -0.25) is 0 Å². The van der Waals surface area contributed by atoms with Gasteiger partial charge in [-0.2, -0.15) is 0 Å². The van der Waals surface area contributed by atoms with Gasteiger partial charge in [0.25, 0.3) is 0 Å². The van der Waals surface area contributed by atoms with Crippen molar-refractivity contribution in [1.29, 1.82) is 0 Å². The molecule has 19 heavy (non-hydrogen) atoms. The molecule has 0 spiro atoms. The Morgan fingerprint density at radius 1 is 1.21 bits per heavy atom. The van der Waals surface area contributed by atoms with Crippen molar-refractivity contribution in [2.75, 3.05) is 33.0 Å². The Morgan fingerprint density at radius 3 is 2.32 bits per heavy atom. The van der Waals surface area contributed by atoms with Gasteiger partial charge in [0.15, 0.2) is 0 Å². The number of para-hydroxylation sites is 1. The van der Waals surface area contributed by atoms with Crippen LogP contribution in [0.25, 0.3) is 0 Å². The first-order valence-corrected chi connectivity index (χ1v) is 7.63. The normalized spacial score (nSPS) is 12.7. The predicted molar refractivity (Wildman–Crippen MR) is 78.9 cm³/mol. The molecule has 0 amide bonds. The summed E-state index contributed by atoms with van der Waals surface area (Å²) in [6.45, 7) is 4.32. The second-order valence-corrected chi connectivity index (χ2v) is 7.01. The molecule has 0 aliphatic heterocycles. The number of benzene rings is 1. The van der Waals surface area contributed by atoms with Crippen LogP contribution in [-0.4, -0.2) is 46.5 Å². The van der Waals surface area contributed by atoms with Crippen molar-refractivity contribution in [1.82, 2.24) is 9.62 Å². The van der Waals surface area contributed by atoms with E-state index in [4.69, 9.17) is 0 Å². The summed E-state index contributed by atoms with van der Waals surface area (Å²) in [4.78, 5) is 2.26. The summed E-state index contributed by atoms with van der Waals surface area (Å²) in [6.07, 6.45) is 0. The van der Waals surface area contributed by atoms with E-state index in [0.717, 1.165) is 0 Å². The van der Waals surface area contributed by atoms with Crippen LogP contribution in [0.1, 0.15) is 13.8 Å². The summed E-state index contributed by atoms with van der Waals surface area (Å²) in [5.74, 6) is 0. The van der Waals surface area contributed by atoms with E-state index in [1.165, 1.54) is 0 Å². The lowest BCUT2D eigenvalue weighted by Gasteiger charge is -2.32. The molecule has 2 N–H and O–H groups in total. The fourth-order valence-corrected chi connectivity index (χ4v) is 2.83. The van der Waals surface area contributed by atoms with Crippen LogP contribution in [0.3, 0.4) is 0 Å². The van der Waals surface area contributed by atoms with Crippen molar-refractivity contribution in [2.45, 2.75) is 24.3 Å². The predicted octanol–water partition coefficient (Wildman–Crippen LogP) is 1.35. The van der Waals surface area contributed by atoms with Gasteiger partial charge in [0.1, 0.15) is 4.90 Å². The van der Waals surface area contributed by atoms with E-state index in [9.17, 15) is 8.42 Å². The Morgan fingerprint density at radius 2 is 1.79 bits per heavy atom. The summed E-state index contributed by atoms with van der Waals surface area (Å²) in [5, 5.41) is 2.89. The Kier molecular flexibility index (Phi) is 4.95. The highest BCUT2D eigenvalue weighted by molar-refractivity contribution is 7.89. The molecule has 1 rings (SSSR count). The smallest absolute Gasteiger partial charge is 0.242 e. The van der Waals surface area contributed by atoms with E-state index in [2.05, 4.69) is 10.0 Å². The highest BCUT2D eigenvalue weighted by Crippen LogP contribution is 2.20. The second kappa shape index (κ2) is 5.90. The number of sulfonamides is 1. The molecule has 0 aliphatic rings. The molecule has 0 saturated heterocycles. The van der Waals surface area contributed by atoms with Crippen LogP contribution in [0.15, 0.2) is 29.2 Å². The van der Waals surface area contributed by atoms with Gasteiger partial charge in [-0.05, 0) is 40.1 Å². The third-order valence-electron chi connectivity index (χ3n) is 3.35. The molecule has 108 valence electrons. The Bertz CT molecular complexity index is 524. The zero-order chi connectivity index (χ0) is 14.7. The lowest BCUT2D eigenvalue weighted by Crippen LogP contribution is -2.48. The molecule has 0 aromatic heterocycles. The van der Waals surface area contributed by atoms with Crippen molar-refractivity contribution in [2.24, 2.45) is 0 Å². The lowest BCUT2D eigenvalue weighted by molar-refractivity contribution is 0.199. The first kappa shape index (κ1) is 15.9. The average molecular weight is 285 g/mol. The Balaban J connectivity index is 2.94. The van der Waals surface area contributed by atoms with Crippen LogP contribution in [0.5, 0.6) is 0 Å². The van der Waals surface area contributed by atoms with Gasteiger partial charge >= 0.3 is 0 Å². The minimum absolute atomic E-state index is 0.248. The standard InChI is InChI=1S/C13H23N3O2S/c1-13(2,16(4)5)10-15-19(17,18)12-9-7-6-8-11(12)14-3/h6-9,14-15H,10H2,1-5H3. The maximum Gasteiger partial charge on any atom is 0.242 e. The zero-order valence-electron chi connectivity index (χ0n) is 12.2. The fraction of sp³-hybridized carbons (Fsp3) is 0.538. The van der Waals surface area contributed by atoms with Crippen LogP contribution in [0.4, 0.5) is 5.69 Å². The van der Waals surface area contributed by atoms with Crippen molar-refractivity contribution in [3.8, 4) is 0 Å². The van der Waals surface area contributed by atoms with Gasteiger partial charge in [0.05, 0.1) is 5.69 Å². The van der Waals surface area contributed by atoms with Gasteiger partial charge in [-0.15, -0.1) is 0 Å². The number of nitrogens with zero attached hydrogens (tertiary/aromatic N) is 1. The summed E-state index contributed by atoms with van der Waals surface area (Å²) >= 11 is 0. The minimum Gasteiger partial charge on any atom is -0.387 e. The molecule has 1 aromatic rings. The third-order valence-corrected chi connectivity index (χ3v) is 4.81. The lowest BCUT2D eigenvalue weighted by atomic mass is 10.1. The maximum atomic E-state index is 12.3. The van der Waals surface area contributed by atoms with Gasteiger partial charge in [0.2, 0.25) is 10.0 Å². The number of hydrogen-bond donors (Lipinski definition) is 2. The zero-order valence-corrected chi connectivity index (χ0v) is 13.0. The van der Waals surface area contributed by atoms with Crippen molar-refractivity contribution >= 4 is 15.7 Å². The highest BCUT2D eigenvalue weighted by Gasteiger charge is 2.25. The molecule has 0 atom stereocenters. The second-order valence-electron chi connectivity index (χ2n) is 5.28. The number of likely N-dealkylation sites (N-methyl/N-ethyl adjacent to an activating group) is 1. The van der Waals surface area contributed by atoms with Crippen molar-refractivity contribution < 1.29 is 8.42 Å². The summed E-state index contributed by atoms with van der Waals surface area (Å²) in [6, 6.07) is 6.85. The number of anilines is 1. The highest BCUT2D eigenvalue weighted by atomic mass is 32.2. The van der Waals surface area contributed by atoms with Crippen LogP contribution in [-0.2, 0) is 10.0 Å². The molecule has 1 aromatic carbocycles. The molecular weight excluding hydrogens is 262 g/mol. The molecule has 0 radical (unpaired) electrons. The first-order valence-electron chi connectivity index (χ1n) is 6.14. The van der Waals surface area contributed by atoms with Crippen LogP contribution in [0, 0.1) is 0 Å². The molecular formula is C13H23N3O2S. The van der Waals surface area contributed by atoms with E-state index in [1.807, 2.05) is 32.8 Å².